The number of carbonyl (C=O) groups excluding carboxylic acids is 1. The summed E-state index contributed by atoms with van der Waals surface area (Å²) in [5, 5.41) is 7.55. The van der Waals surface area contributed by atoms with E-state index in [0.29, 0.717) is 28.0 Å². The molecule has 0 aliphatic rings. The number of nitrogens with zero attached hydrogens (tertiary/aromatic N) is 2. The zero-order valence-corrected chi connectivity index (χ0v) is 12.3. The van der Waals surface area contributed by atoms with Gasteiger partial charge in [-0.15, -0.1) is 0 Å². The molecule has 0 radical (unpaired) electrons. The van der Waals surface area contributed by atoms with E-state index in [1.807, 2.05) is 6.92 Å². The summed E-state index contributed by atoms with van der Waals surface area (Å²) in [4.78, 5) is 11.6. The molecule has 106 valence electrons. The molecule has 1 amide bonds. The quantitative estimate of drug-likeness (QED) is 0.923. The number of rotatable bonds is 5. The van der Waals surface area contributed by atoms with Crippen molar-refractivity contribution in [3.63, 3.8) is 0 Å². The van der Waals surface area contributed by atoms with E-state index in [-0.39, 0.29) is 12.6 Å². The molecule has 0 spiro atoms. The fraction of sp³-hybridized carbons (Fsp3) is 0.231. The summed E-state index contributed by atoms with van der Waals surface area (Å²) in [6.45, 7) is 2.54. The van der Waals surface area contributed by atoms with Gasteiger partial charge in [0.2, 0.25) is 0 Å². The number of hydrogen-bond acceptors (Lipinski definition) is 3. The number of hydrogen-bond donors (Lipinski definition) is 1. The van der Waals surface area contributed by atoms with Gasteiger partial charge in [0.1, 0.15) is 16.5 Å². The maximum atomic E-state index is 11.6. The van der Waals surface area contributed by atoms with Crippen LogP contribution in [0.3, 0.4) is 0 Å². The van der Waals surface area contributed by atoms with Crippen LogP contribution >= 0.6 is 23.2 Å². The van der Waals surface area contributed by atoms with E-state index in [9.17, 15) is 4.79 Å². The van der Waals surface area contributed by atoms with Gasteiger partial charge in [-0.1, -0.05) is 29.3 Å². The number of benzene rings is 1. The largest absolute Gasteiger partial charge is 0.470 e. The average molecular weight is 314 g/mol. The summed E-state index contributed by atoms with van der Waals surface area (Å²) in [6, 6.07) is 6.75. The molecular formula is C13H13Cl2N3O2. The molecule has 0 aliphatic heterocycles. The Morgan fingerprint density at radius 2 is 2.20 bits per heavy atom. The Hall–Kier alpha value is -1.72. The summed E-state index contributed by atoms with van der Waals surface area (Å²) < 4.78 is 7.01. The lowest BCUT2D eigenvalue weighted by molar-refractivity contribution is 0.0949. The summed E-state index contributed by atoms with van der Waals surface area (Å²) in [6.07, 6.45) is 1.66. The van der Waals surface area contributed by atoms with Crippen molar-refractivity contribution in [1.82, 2.24) is 15.1 Å². The fourth-order valence-electron chi connectivity index (χ4n) is 1.54. The average Bonchev–Trinajstić information content (AvgIpc) is 2.90. The molecule has 0 fully saturated rings. The molecule has 0 atom stereocenters. The maximum Gasteiger partial charge on any atom is 0.271 e. The number of ether oxygens (including phenoxy) is 1. The van der Waals surface area contributed by atoms with Crippen molar-refractivity contribution < 1.29 is 9.53 Å². The molecule has 2 rings (SSSR count). The molecule has 20 heavy (non-hydrogen) atoms. The van der Waals surface area contributed by atoms with E-state index in [1.165, 1.54) is 4.68 Å². The van der Waals surface area contributed by atoms with Crippen LogP contribution in [0.15, 0.2) is 30.5 Å². The first-order valence-corrected chi connectivity index (χ1v) is 6.76. The van der Waals surface area contributed by atoms with Gasteiger partial charge in [0.25, 0.3) is 5.91 Å². The van der Waals surface area contributed by atoms with Crippen LogP contribution in [0.4, 0.5) is 0 Å². The Kier molecular flexibility index (Phi) is 4.87. The third kappa shape index (κ3) is 3.43. The van der Waals surface area contributed by atoms with Crippen LogP contribution in [0, 0.1) is 0 Å². The molecular weight excluding hydrogens is 301 g/mol. The SMILES string of the molecule is CCNC(=O)c1ccn(COc2cccc(Cl)c2Cl)n1. The van der Waals surface area contributed by atoms with E-state index in [0.717, 1.165) is 0 Å². The molecule has 1 N–H and O–H groups in total. The normalized spacial score (nSPS) is 10.3. The van der Waals surface area contributed by atoms with Gasteiger partial charge in [0, 0.05) is 12.7 Å². The number of halogens is 2. The second kappa shape index (κ2) is 6.63. The van der Waals surface area contributed by atoms with Gasteiger partial charge in [-0.05, 0) is 25.1 Å². The van der Waals surface area contributed by atoms with Crippen LogP contribution in [0.2, 0.25) is 10.0 Å². The highest BCUT2D eigenvalue weighted by Gasteiger charge is 2.09. The summed E-state index contributed by atoms with van der Waals surface area (Å²) in [5.41, 5.74) is 0.340. The van der Waals surface area contributed by atoms with Crippen LogP contribution in [-0.4, -0.2) is 22.2 Å². The second-order valence-electron chi connectivity index (χ2n) is 3.93. The van der Waals surface area contributed by atoms with Crippen molar-refractivity contribution in [2.75, 3.05) is 6.54 Å². The van der Waals surface area contributed by atoms with Crippen LogP contribution in [0.5, 0.6) is 5.75 Å². The van der Waals surface area contributed by atoms with Crippen LogP contribution in [0.1, 0.15) is 17.4 Å². The smallest absolute Gasteiger partial charge is 0.271 e. The molecule has 5 nitrogen and oxygen atoms in total. The third-order valence-electron chi connectivity index (χ3n) is 2.48. The van der Waals surface area contributed by atoms with Crippen molar-refractivity contribution in [3.05, 3.63) is 46.2 Å². The van der Waals surface area contributed by atoms with Crippen molar-refractivity contribution >= 4 is 29.1 Å². The van der Waals surface area contributed by atoms with Gasteiger partial charge >= 0.3 is 0 Å². The molecule has 2 aromatic rings. The van der Waals surface area contributed by atoms with Gasteiger partial charge in [-0.25, -0.2) is 4.68 Å². The Labute approximate surface area is 126 Å². The Morgan fingerprint density at radius 1 is 1.40 bits per heavy atom. The van der Waals surface area contributed by atoms with Crippen molar-refractivity contribution in [3.8, 4) is 5.75 Å². The third-order valence-corrected chi connectivity index (χ3v) is 3.28. The Bertz CT molecular complexity index is 613. The second-order valence-corrected chi connectivity index (χ2v) is 4.71. The fourth-order valence-corrected chi connectivity index (χ4v) is 1.88. The molecule has 0 saturated carbocycles. The number of amides is 1. The van der Waals surface area contributed by atoms with E-state index in [1.54, 1.807) is 30.5 Å². The summed E-state index contributed by atoms with van der Waals surface area (Å²) in [7, 11) is 0. The van der Waals surface area contributed by atoms with Crippen molar-refractivity contribution in [2.24, 2.45) is 0 Å². The van der Waals surface area contributed by atoms with E-state index < -0.39 is 0 Å². The first-order valence-electron chi connectivity index (χ1n) is 6.00. The monoisotopic (exact) mass is 313 g/mol. The van der Waals surface area contributed by atoms with Gasteiger partial charge in [-0.2, -0.15) is 5.10 Å². The van der Waals surface area contributed by atoms with Crippen molar-refractivity contribution in [1.29, 1.82) is 0 Å². The highest BCUT2D eigenvalue weighted by Crippen LogP contribution is 2.31. The minimum Gasteiger partial charge on any atom is -0.470 e. The van der Waals surface area contributed by atoms with Gasteiger partial charge in [0.05, 0.1) is 5.02 Å². The molecule has 0 aliphatic carbocycles. The molecule has 1 heterocycles. The van der Waals surface area contributed by atoms with E-state index in [4.69, 9.17) is 27.9 Å². The maximum absolute atomic E-state index is 11.6. The number of nitrogens with one attached hydrogen (secondary N) is 1. The standard InChI is InChI=1S/C13H13Cl2N3O2/c1-2-16-13(19)10-6-7-18(17-10)8-20-11-5-3-4-9(14)12(11)15/h3-7H,2,8H2,1H3,(H,16,19). The minimum absolute atomic E-state index is 0.138. The molecule has 0 bridgehead atoms. The summed E-state index contributed by atoms with van der Waals surface area (Å²) >= 11 is 11.9. The first kappa shape index (κ1) is 14.7. The lowest BCUT2D eigenvalue weighted by Crippen LogP contribution is -2.23. The van der Waals surface area contributed by atoms with Gasteiger partial charge in [0.15, 0.2) is 6.73 Å². The van der Waals surface area contributed by atoms with Crippen molar-refractivity contribution in [2.45, 2.75) is 13.7 Å². The topological polar surface area (TPSA) is 56.2 Å². The Morgan fingerprint density at radius 3 is 2.95 bits per heavy atom. The first-order chi connectivity index (χ1) is 9.61. The lowest BCUT2D eigenvalue weighted by Gasteiger charge is -2.08. The molecule has 7 heteroatoms. The molecule has 1 aromatic carbocycles. The van der Waals surface area contributed by atoms with Crippen LogP contribution in [0.25, 0.3) is 0 Å². The predicted molar refractivity (Wildman–Crippen MR) is 77.3 cm³/mol. The van der Waals surface area contributed by atoms with E-state index in [2.05, 4.69) is 10.4 Å². The van der Waals surface area contributed by atoms with Gasteiger partial charge in [-0.3, -0.25) is 4.79 Å². The van der Waals surface area contributed by atoms with Gasteiger partial charge < -0.3 is 10.1 Å². The zero-order valence-electron chi connectivity index (χ0n) is 10.8. The van der Waals surface area contributed by atoms with Crippen LogP contribution in [-0.2, 0) is 6.73 Å². The molecule has 0 unspecified atom stereocenters. The number of carbonyl (C=O) groups is 1. The number of aromatic nitrogens is 2. The molecule has 1 aromatic heterocycles. The molecule has 0 saturated heterocycles. The highest BCUT2D eigenvalue weighted by molar-refractivity contribution is 6.42. The lowest BCUT2D eigenvalue weighted by atomic mass is 10.3. The summed E-state index contributed by atoms with van der Waals surface area (Å²) in [5.74, 6) is 0.251. The minimum atomic E-state index is -0.216. The Balaban J connectivity index is 2.01. The van der Waals surface area contributed by atoms with Crippen LogP contribution < -0.4 is 10.1 Å². The highest BCUT2D eigenvalue weighted by atomic mass is 35.5. The zero-order chi connectivity index (χ0) is 14.5. The van der Waals surface area contributed by atoms with E-state index >= 15 is 0 Å². The predicted octanol–water partition coefficient (Wildman–Crippen LogP) is 2.98.